The molecular formula is C10H18O3. The van der Waals surface area contributed by atoms with E-state index < -0.39 is 11.6 Å². The van der Waals surface area contributed by atoms with Gasteiger partial charge in [0.15, 0.2) is 5.60 Å². The molecule has 1 aliphatic carbocycles. The molecule has 0 bridgehead atoms. The van der Waals surface area contributed by atoms with Crippen LogP contribution in [-0.4, -0.2) is 23.8 Å². The predicted molar refractivity (Wildman–Crippen MR) is 49.6 cm³/mol. The predicted octanol–water partition coefficient (Wildman–Crippen LogP) is 2.06. The molecule has 13 heavy (non-hydrogen) atoms. The number of rotatable bonds is 2. The van der Waals surface area contributed by atoms with E-state index in [1.807, 2.05) is 0 Å². The average molecular weight is 186 g/mol. The summed E-state index contributed by atoms with van der Waals surface area (Å²) in [4.78, 5) is 11.0. The van der Waals surface area contributed by atoms with Crippen molar-refractivity contribution in [3.05, 3.63) is 0 Å². The highest BCUT2D eigenvalue weighted by molar-refractivity contribution is 5.77. The van der Waals surface area contributed by atoms with Gasteiger partial charge in [-0.2, -0.15) is 0 Å². The summed E-state index contributed by atoms with van der Waals surface area (Å²) in [7, 11) is 1.49. The van der Waals surface area contributed by atoms with Gasteiger partial charge in [0.05, 0.1) is 0 Å². The maximum absolute atomic E-state index is 11.0. The van der Waals surface area contributed by atoms with Crippen molar-refractivity contribution in [1.82, 2.24) is 0 Å². The van der Waals surface area contributed by atoms with Gasteiger partial charge in [-0.15, -0.1) is 0 Å². The first-order valence-electron chi connectivity index (χ1n) is 4.70. The minimum Gasteiger partial charge on any atom is -0.479 e. The minimum atomic E-state index is -0.907. The number of aliphatic carboxylic acids is 1. The highest BCUT2D eigenvalue weighted by Crippen LogP contribution is 2.41. The van der Waals surface area contributed by atoms with Gasteiger partial charge in [0.1, 0.15) is 0 Å². The van der Waals surface area contributed by atoms with Crippen molar-refractivity contribution in [3.8, 4) is 0 Å². The number of ether oxygens (including phenoxy) is 1. The second-order valence-electron chi connectivity index (χ2n) is 4.67. The fraction of sp³-hybridized carbons (Fsp3) is 0.900. The van der Waals surface area contributed by atoms with Crippen molar-refractivity contribution in [2.45, 2.75) is 45.1 Å². The van der Waals surface area contributed by atoms with Gasteiger partial charge in [0.25, 0.3) is 0 Å². The van der Waals surface area contributed by atoms with Crippen LogP contribution in [0.1, 0.15) is 39.5 Å². The summed E-state index contributed by atoms with van der Waals surface area (Å²) in [5.74, 6) is -0.814. The van der Waals surface area contributed by atoms with Crippen LogP contribution in [0.4, 0.5) is 0 Å². The lowest BCUT2D eigenvalue weighted by Crippen LogP contribution is -2.45. The van der Waals surface area contributed by atoms with Gasteiger partial charge in [-0.1, -0.05) is 13.8 Å². The van der Waals surface area contributed by atoms with Gasteiger partial charge in [-0.05, 0) is 31.1 Å². The van der Waals surface area contributed by atoms with E-state index in [0.29, 0.717) is 12.8 Å². The molecule has 0 aromatic heterocycles. The molecule has 76 valence electrons. The highest BCUT2D eigenvalue weighted by atomic mass is 16.5. The Morgan fingerprint density at radius 2 is 1.69 bits per heavy atom. The molecule has 3 nitrogen and oxygen atoms in total. The van der Waals surface area contributed by atoms with Crippen molar-refractivity contribution >= 4 is 5.97 Å². The summed E-state index contributed by atoms with van der Waals surface area (Å²) in [6.45, 7) is 4.35. The molecule has 0 aromatic carbocycles. The molecule has 0 aromatic rings. The first-order chi connectivity index (χ1) is 5.92. The van der Waals surface area contributed by atoms with Crippen LogP contribution < -0.4 is 0 Å². The molecule has 1 rings (SSSR count). The van der Waals surface area contributed by atoms with Crippen LogP contribution in [0.3, 0.4) is 0 Å². The Kier molecular flexibility index (Phi) is 2.66. The quantitative estimate of drug-likeness (QED) is 0.718. The molecule has 0 spiro atoms. The van der Waals surface area contributed by atoms with Crippen molar-refractivity contribution in [1.29, 1.82) is 0 Å². The summed E-state index contributed by atoms with van der Waals surface area (Å²) < 4.78 is 5.13. The van der Waals surface area contributed by atoms with E-state index in [4.69, 9.17) is 9.84 Å². The zero-order valence-corrected chi connectivity index (χ0v) is 8.59. The van der Waals surface area contributed by atoms with Crippen molar-refractivity contribution in [2.75, 3.05) is 7.11 Å². The number of carboxylic acids is 1. The second kappa shape index (κ2) is 3.29. The SMILES string of the molecule is COC1(C(=O)O)CCC(C)(C)CC1. The van der Waals surface area contributed by atoms with E-state index in [-0.39, 0.29) is 5.41 Å². The number of carbonyl (C=O) groups is 1. The molecule has 0 saturated heterocycles. The van der Waals surface area contributed by atoms with Crippen LogP contribution in [0.15, 0.2) is 0 Å². The minimum absolute atomic E-state index is 0.275. The number of hydrogen-bond acceptors (Lipinski definition) is 2. The highest BCUT2D eigenvalue weighted by Gasteiger charge is 2.44. The van der Waals surface area contributed by atoms with Crippen LogP contribution in [0, 0.1) is 5.41 Å². The molecule has 1 fully saturated rings. The third-order valence-electron chi connectivity index (χ3n) is 3.19. The maximum atomic E-state index is 11.0. The fourth-order valence-electron chi connectivity index (χ4n) is 1.84. The van der Waals surface area contributed by atoms with Crippen LogP contribution in [-0.2, 0) is 9.53 Å². The van der Waals surface area contributed by atoms with Crippen molar-refractivity contribution < 1.29 is 14.6 Å². The van der Waals surface area contributed by atoms with Crippen molar-refractivity contribution in [2.24, 2.45) is 5.41 Å². The number of carboxylic acid groups (broad SMARTS) is 1. The molecule has 3 heteroatoms. The topological polar surface area (TPSA) is 46.5 Å². The zero-order valence-electron chi connectivity index (χ0n) is 8.59. The Labute approximate surface area is 79.1 Å². The van der Waals surface area contributed by atoms with Crippen LogP contribution in [0.25, 0.3) is 0 Å². The van der Waals surface area contributed by atoms with Gasteiger partial charge in [-0.3, -0.25) is 0 Å². The lowest BCUT2D eigenvalue weighted by Gasteiger charge is -2.39. The van der Waals surface area contributed by atoms with E-state index in [1.165, 1.54) is 7.11 Å². The summed E-state index contributed by atoms with van der Waals surface area (Å²) in [6, 6.07) is 0. The molecule has 0 aliphatic heterocycles. The van der Waals surface area contributed by atoms with Gasteiger partial charge in [-0.25, -0.2) is 4.79 Å². The lowest BCUT2D eigenvalue weighted by molar-refractivity contribution is -0.169. The summed E-state index contributed by atoms with van der Waals surface area (Å²) in [5, 5.41) is 9.03. The molecule has 0 amide bonds. The molecular weight excluding hydrogens is 168 g/mol. The van der Waals surface area contributed by atoms with E-state index >= 15 is 0 Å². The summed E-state index contributed by atoms with van der Waals surface area (Å²) >= 11 is 0. The monoisotopic (exact) mass is 186 g/mol. The Bertz CT molecular complexity index is 198. The third-order valence-corrected chi connectivity index (χ3v) is 3.19. The normalized spacial score (nSPS) is 25.5. The van der Waals surface area contributed by atoms with E-state index in [0.717, 1.165) is 12.8 Å². The lowest BCUT2D eigenvalue weighted by atomic mass is 9.71. The largest absolute Gasteiger partial charge is 0.479 e. The number of methoxy groups -OCH3 is 1. The van der Waals surface area contributed by atoms with Gasteiger partial charge >= 0.3 is 5.97 Å². The smallest absolute Gasteiger partial charge is 0.335 e. The van der Waals surface area contributed by atoms with E-state index in [2.05, 4.69) is 13.8 Å². The number of hydrogen-bond donors (Lipinski definition) is 1. The first kappa shape index (κ1) is 10.5. The van der Waals surface area contributed by atoms with E-state index in [1.54, 1.807) is 0 Å². The Morgan fingerprint density at radius 1 is 1.23 bits per heavy atom. The molecule has 0 atom stereocenters. The van der Waals surface area contributed by atoms with Gasteiger partial charge < -0.3 is 9.84 Å². The maximum Gasteiger partial charge on any atom is 0.335 e. The molecule has 1 aliphatic rings. The average Bonchev–Trinajstić information content (AvgIpc) is 2.05. The van der Waals surface area contributed by atoms with Crippen molar-refractivity contribution in [3.63, 3.8) is 0 Å². The van der Waals surface area contributed by atoms with Crippen LogP contribution in [0.5, 0.6) is 0 Å². The standard InChI is InChI=1S/C10H18O3/c1-9(2)4-6-10(13-3,7-5-9)8(11)12/h4-7H2,1-3H3,(H,11,12). The Hall–Kier alpha value is -0.570. The Balaban J connectivity index is 2.69. The molecule has 0 heterocycles. The zero-order chi connectivity index (χ0) is 10.1. The van der Waals surface area contributed by atoms with Crippen LogP contribution in [0.2, 0.25) is 0 Å². The first-order valence-corrected chi connectivity index (χ1v) is 4.70. The summed E-state index contributed by atoms with van der Waals surface area (Å²) in [5.41, 5.74) is -0.632. The summed E-state index contributed by atoms with van der Waals surface area (Å²) in [6.07, 6.45) is 3.11. The van der Waals surface area contributed by atoms with Gasteiger partial charge in [0, 0.05) is 7.11 Å². The van der Waals surface area contributed by atoms with Crippen LogP contribution >= 0.6 is 0 Å². The molecule has 0 unspecified atom stereocenters. The molecule has 1 saturated carbocycles. The van der Waals surface area contributed by atoms with E-state index in [9.17, 15) is 4.79 Å². The Morgan fingerprint density at radius 3 is 2.00 bits per heavy atom. The molecule has 0 radical (unpaired) electrons. The third kappa shape index (κ3) is 2.02. The second-order valence-corrected chi connectivity index (χ2v) is 4.67. The van der Waals surface area contributed by atoms with Gasteiger partial charge in [0.2, 0.25) is 0 Å². The molecule has 1 N–H and O–H groups in total. The fourth-order valence-corrected chi connectivity index (χ4v) is 1.84.